The molecule has 0 spiro atoms. The van der Waals surface area contributed by atoms with Gasteiger partial charge in [-0.3, -0.25) is 14.3 Å². The Kier molecular flexibility index (Phi) is 4.71. The van der Waals surface area contributed by atoms with Crippen LogP contribution in [0.5, 0.6) is 0 Å². The van der Waals surface area contributed by atoms with Crippen LogP contribution in [0.25, 0.3) is 0 Å². The van der Waals surface area contributed by atoms with Crippen molar-refractivity contribution in [2.24, 2.45) is 0 Å². The molecule has 110 valence electrons. The second-order valence-corrected chi connectivity index (χ2v) is 4.73. The molecule has 2 aromatic rings. The number of benzene rings is 1. The lowest BCUT2D eigenvalue weighted by Gasteiger charge is -2.22. The minimum absolute atomic E-state index is 0.0838. The summed E-state index contributed by atoms with van der Waals surface area (Å²) in [5, 5.41) is 12.8. The number of amides is 1. The minimum Gasteiger partial charge on any atom is -0.481 e. The highest BCUT2D eigenvalue weighted by Crippen LogP contribution is 2.16. The molecule has 0 aliphatic carbocycles. The zero-order valence-electron chi connectivity index (χ0n) is 11.8. The zero-order chi connectivity index (χ0) is 15.2. The van der Waals surface area contributed by atoms with Crippen LogP contribution in [0, 0.1) is 6.92 Å². The van der Waals surface area contributed by atoms with Gasteiger partial charge in [0.1, 0.15) is 6.54 Å². The van der Waals surface area contributed by atoms with Crippen molar-refractivity contribution in [1.29, 1.82) is 0 Å². The van der Waals surface area contributed by atoms with Crippen molar-refractivity contribution in [2.45, 2.75) is 19.9 Å². The van der Waals surface area contributed by atoms with Gasteiger partial charge in [-0.25, -0.2) is 0 Å². The second kappa shape index (κ2) is 6.69. The SMILES string of the molecule is Cc1ccc(N(CCC(=O)O)C(=O)Cn2cccn2)cc1. The molecule has 1 N–H and O–H groups in total. The van der Waals surface area contributed by atoms with Crippen molar-refractivity contribution in [2.75, 3.05) is 11.4 Å². The van der Waals surface area contributed by atoms with E-state index in [-0.39, 0.29) is 25.4 Å². The van der Waals surface area contributed by atoms with E-state index in [4.69, 9.17) is 5.11 Å². The third-order valence-corrected chi connectivity index (χ3v) is 3.05. The summed E-state index contributed by atoms with van der Waals surface area (Å²) in [5.74, 6) is -1.12. The van der Waals surface area contributed by atoms with Crippen LogP contribution in [0.4, 0.5) is 5.69 Å². The van der Waals surface area contributed by atoms with Crippen LogP contribution in [0.2, 0.25) is 0 Å². The largest absolute Gasteiger partial charge is 0.481 e. The first-order valence-electron chi connectivity index (χ1n) is 6.62. The molecule has 1 heterocycles. The second-order valence-electron chi connectivity index (χ2n) is 4.73. The standard InChI is InChI=1S/C15H17N3O3/c1-12-3-5-13(6-4-12)18(10-7-15(20)21)14(19)11-17-9-2-8-16-17/h2-6,8-9H,7,10-11H2,1H3,(H,20,21). The van der Waals surface area contributed by atoms with Crippen molar-refractivity contribution in [1.82, 2.24) is 9.78 Å². The minimum atomic E-state index is -0.931. The van der Waals surface area contributed by atoms with Gasteiger partial charge in [0.05, 0.1) is 6.42 Å². The van der Waals surface area contributed by atoms with E-state index in [2.05, 4.69) is 5.10 Å². The van der Waals surface area contributed by atoms with Crippen molar-refractivity contribution < 1.29 is 14.7 Å². The van der Waals surface area contributed by atoms with E-state index in [0.29, 0.717) is 5.69 Å². The number of hydrogen-bond donors (Lipinski definition) is 1. The molecule has 6 nitrogen and oxygen atoms in total. The molecule has 1 aromatic heterocycles. The monoisotopic (exact) mass is 287 g/mol. The van der Waals surface area contributed by atoms with Crippen molar-refractivity contribution >= 4 is 17.6 Å². The Bertz CT molecular complexity index is 606. The predicted molar refractivity (Wildman–Crippen MR) is 78.0 cm³/mol. The number of aliphatic carboxylic acids is 1. The van der Waals surface area contributed by atoms with Gasteiger partial charge in [0.2, 0.25) is 5.91 Å². The van der Waals surface area contributed by atoms with Crippen LogP contribution in [-0.4, -0.2) is 33.3 Å². The van der Waals surface area contributed by atoms with Crippen LogP contribution in [0.3, 0.4) is 0 Å². The molecule has 0 saturated heterocycles. The molecule has 0 aliphatic rings. The summed E-state index contributed by atoms with van der Waals surface area (Å²) >= 11 is 0. The third-order valence-electron chi connectivity index (χ3n) is 3.05. The highest BCUT2D eigenvalue weighted by Gasteiger charge is 2.17. The first-order valence-corrected chi connectivity index (χ1v) is 6.62. The molecule has 21 heavy (non-hydrogen) atoms. The molecule has 1 aromatic carbocycles. The van der Waals surface area contributed by atoms with Crippen LogP contribution >= 0.6 is 0 Å². The number of aromatic nitrogens is 2. The van der Waals surface area contributed by atoms with Crippen LogP contribution in [-0.2, 0) is 16.1 Å². The Morgan fingerprint density at radius 2 is 2.00 bits per heavy atom. The molecule has 0 aliphatic heterocycles. The highest BCUT2D eigenvalue weighted by atomic mass is 16.4. The number of carboxylic acid groups (broad SMARTS) is 1. The molecule has 2 rings (SSSR count). The lowest BCUT2D eigenvalue weighted by atomic mass is 10.2. The van der Waals surface area contributed by atoms with Crippen LogP contribution in [0.1, 0.15) is 12.0 Å². The topological polar surface area (TPSA) is 75.4 Å². The third kappa shape index (κ3) is 4.17. The Morgan fingerprint density at radius 1 is 1.29 bits per heavy atom. The molecular weight excluding hydrogens is 270 g/mol. The summed E-state index contributed by atoms with van der Waals surface area (Å²) in [7, 11) is 0. The number of aryl methyl sites for hydroxylation is 1. The molecule has 6 heteroatoms. The average molecular weight is 287 g/mol. The maximum atomic E-state index is 12.4. The van der Waals surface area contributed by atoms with E-state index in [0.717, 1.165) is 5.56 Å². The Hall–Kier alpha value is -2.63. The van der Waals surface area contributed by atoms with Crippen molar-refractivity contribution in [3.8, 4) is 0 Å². The van der Waals surface area contributed by atoms with Crippen molar-refractivity contribution in [3.05, 3.63) is 48.3 Å². The number of hydrogen-bond acceptors (Lipinski definition) is 3. The Balaban J connectivity index is 2.16. The summed E-state index contributed by atoms with van der Waals surface area (Å²) in [4.78, 5) is 24.6. The average Bonchev–Trinajstić information content (AvgIpc) is 2.93. The van der Waals surface area contributed by atoms with Crippen molar-refractivity contribution in [3.63, 3.8) is 0 Å². The summed E-state index contributed by atoms with van der Waals surface area (Å²) in [5.41, 5.74) is 1.77. The van der Waals surface area contributed by atoms with Gasteiger partial charge in [-0.05, 0) is 25.1 Å². The lowest BCUT2D eigenvalue weighted by Crippen LogP contribution is -2.35. The molecule has 0 bridgehead atoms. The molecule has 0 saturated carbocycles. The fourth-order valence-corrected chi connectivity index (χ4v) is 1.95. The smallest absolute Gasteiger partial charge is 0.305 e. The normalized spacial score (nSPS) is 10.3. The number of nitrogens with zero attached hydrogens (tertiary/aromatic N) is 3. The lowest BCUT2D eigenvalue weighted by molar-refractivity contribution is -0.136. The van der Waals surface area contributed by atoms with Crippen LogP contribution < -0.4 is 4.90 Å². The number of carbonyl (C=O) groups is 2. The van der Waals surface area contributed by atoms with Gasteiger partial charge in [0.25, 0.3) is 0 Å². The van der Waals surface area contributed by atoms with Gasteiger partial charge < -0.3 is 10.0 Å². The van der Waals surface area contributed by atoms with E-state index in [1.807, 2.05) is 31.2 Å². The molecule has 0 radical (unpaired) electrons. The summed E-state index contributed by atoms with van der Waals surface area (Å²) in [6.07, 6.45) is 3.20. The fraction of sp³-hybridized carbons (Fsp3) is 0.267. The number of rotatable bonds is 6. The molecule has 0 unspecified atom stereocenters. The Morgan fingerprint density at radius 3 is 2.57 bits per heavy atom. The quantitative estimate of drug-likeness (QED) is 0.877. The van der Waals surface area contributed by atoms with Crippen LogP contribution in [0.15, 0.2) is 42.7 Å². The van der Waals surface area contributed by atoms with E-state index in [9.17, 15) is 9.59 Å². The number of carbonyl (C=O) groups excluding carboxylic acids is 1. The number of anilines is 1. The molecule has 1 amide bonds. The van der Waals surface area contributed by atoms with Gasteiger partial charge in [0.15, 0.2) is 0 Å². The first-order chi connectivity index (χ1) is 10.1. The molecule has 0 atom stereocenters. The van der Waals surface area contributed by atoms with Gasteiger partial charge in [-0.1, -0.05) is 17.7 Å². The van der Waals surface area contributed by atoms with Gasteiger partial charge in [-0.15, -0.1) is 0 Å². The van der Waals surface area contributed by atoms with E-state index in [1.54, 1.807) is 18.5 Å². The molecule has 0 fully saturated rings. The number of carboxylic acids is 1. The summed E-state index contributed by atoms with van der Waals surface area (Å²) in [6, 6.07) is 9.16. The van der Waals surface area contributed by atoms with E-state index >= 15 is 0 Å². The maximum Gasteiger partial charge on any atom is 0.305 e. The molecular formula is C15H17N3O3. The van der Waals surface area contributed by atoms with Gasteiger partial charge >= 0.3 is 5.97 Å². The zero-order valence-corrected chi connectivity index (χ0v) is 11.8. The Labute approximate surface area is 122 Å². The first kappa shape index (κ1) is 14.8. The predicted octanol–water partition coefficient (Wildman–Crippen LogP) is 1.70. The summed E-state index contributed by atoms with van der Waals surface area (Å²) in [6.45, 7) is 2.18. The maximum absolute atomic E-state index is 12.4. The van der Waals surface area contributed by atoms with Gasteiger partial charge in [-0.2, -0.15) is 5.10 Å². The highest BCUT2D eigenvalue weighted by molar-refractivity contribution is 5.93. The summed E-state index contributed by atoms with van der Waals surface area (Å²) < 4.78 is 1.52. The van der Waals surface area contributed by atoms with E-state index in [1.165, 1.54) is 9.58 Å². The van der Waals surface area contributed by atoms with Gasteiger partial charge in [0, 0.05) is 24.6 Å². The fourth-order valence-electron chi connectivity index (χ4n) is 1.95. The van der Waals surface area contributed by atoms with E-state index < -0.39 is 5.97 Å².